The van der Waals surface area contributed by atoms with Crippen LogP contribution < -0.4 is 0 Å². The lowest BCUT2D eigenvalue weighted by Gasteiger charge is -2.41. The van der Waals surface area contributed by atoms with Gasteiger partial charge in [-0.1, -0.05) is 22.0 Å². The lowest BCUT2D eigenvalue weighted by molar-refractivity contribution is -0.160. The van der Waals surface area contributed by atoms with E-state index in [1.54, 1.807) is 17.6 Å². The Bertz CT molecular complexity index is 987. The standard InChI is InChI=1S/C22H22BrNO3S/c1-13-7-16(25)11-22(27-13)5-4-14-9-18(23)15(8-17(14)22)10-21-24-12-20(28-21)19-3-2-6-26-19/h2-3,6,8-9,12-13,16,25H,4-5,7,10-11H2,1H3/t13-,16+,22-/m1/s1. The molecule has 1 aromatic carbocycles. The molecule has 3 aromatic rings. The number of aliphatic hydroxyl groups is 1. The molecule has 3 heterocycles. The number of benzene rings is 1. The topological polar surface area (TPSA) is 55.5 Å². The number of furan rings is 1. The molecule has 1 aliphatic heterocycles. The molecule has 5 rings (SSSR count). The minimum Gasteiger partial charge on any atom is -0.463 e. The fourth-order valence-corrected chi connectivity index (χ4v) is 6.09. The molecule has 2 aromatic heterocycles. The summed E-state index contributed by atoms with van der Waals surface area (Å²) in [6.07, 6.45) is 7.45. The minimum atomic E-state index is -0.343. The summed E-state index contributed by atoms with van der Waals surface area (Å²) < 4.78 is 13.0. The molecule has 1 saturated heterocycles. The van der Waals surface area contributed by atoms with E-state index in [0.29, 0.717) is 6.42 Å². The van der Waals surface area contributed by atoms with Gasteiger partial charge in [-0.15, -0.1) is 11.3 Å². The van der Waals surface area contributed by atoms with Gasteiger partial charge < -0.3 is 14.3 Å². The van der Waals surface area contributed by atoms with Crippen molar-refractivity contribution < 1.29 is 14.3 Å². The van der Waals surface area contributed by atoms with Crippen LogP contribution in [0.1, 0.15) is 47.9 Å². The lowest BCUT2D eigenvalue weighted by atomic mass is 9.84. The van der Waals surface area contributed by atoms with Crippen molar-refractivity contribution >= 4 is 27.3 Å². The van der Waals surface area contributed by atoms with Crippen LogP contribution in [0.25, 0.3) is 10.6 Å². The van der Waals surface area contributed by atoms with E-state index in [9.17, 15) is 5.11 Å². The third-order valence-electron chi connectivity index (χ3n) is 5.82. The second-order valence-electron chi connectivity index (χ2n) is 7.89. The SMILES string of the molecule is C[C@@H]1C[C@H](O)C[C@@]2(CCc3cc(Br)c(Cc4ncc(-c5ccco5)s4)cc32)O1. The van der Waals surface area contributed by atoms with Crippen LogP contribution in [-0.4, -0.2) is 22.3 Å². The monoisotopic (exact) mass is 459 g/mol. The van der Waals surface area contributed by atoms with Gasteiger partial charge in [0.1, 0.15) is 5.76 Å². The Kier molecular flexibility index (Phi) is 4.70. The zero-order valence-electron chi connectivity index (χ0n) is 15.7. The molecule has 6 heteroatoms. The van der Waals surface area contributed by atoms with E-state index in [1.807, 2.05) is 18.3 Å². The molecule has 1 N–H and O–H groups in total. The molecule has 0 radical (unpaired) electrons. The molecule has 4 nitrogen and oxygen atoms in total. The molecule has 28 heavy (non-hydrogen) atoms. The number of ether oxygens (including phenoxy) is 1. The molecule has 146 valence electrons. The second kappa shape index (κ2) is 7.10. The van der Waals surface area contributed by atoms with Crippen LogP contribution in [0, 0.1) is 0 Å². The summed E-state index contributed by atoms with van der Waals surface area (Å²) in [6, 6.07) is 8.35. The summed E-state index contributed by atoms with van der Waals surface area (Å²) in [4.78, 5) is 5.64. The molecule has 0 unspecified atom stereocenters. The zero-order valence-corrected chi connectivity index (χ0v) is 18.1. The van der Waals surface area contributed by atoms with Gasteiger partial charge in [0.05, 0.1) is 34.0 Å². The number of hydrogen-bond donors (Lipinski definition) is 1. The molecule has 3 atom stereocenters. The number of thiazole rings is 1. The van der Waals surface area contributed by atoms with Crippen molar-refractivity contribution in [2.24, 2.45) is 0 Å². The van der Waals surface area contributed by atoms with Crippen molar-refractivity contribution in [3.63, 3.8) is 0 Å². The quantitative estimate of drug-likeness (QED) is 0.564. The Morgan fingerprint density at radius 3 is 3.07 bits per heavy atom. The van der Waals surface area contributed by atoms with E-state index in [-0.39, 0.29) is 17.8 Å². The highest BCUT2D eigenvalue weighted by Gasteiger charge is 2.45. The first-order valence-corrected chi connectivity index (χ1v) is 11.3. The maximum absolute atomic E-state index is 10.4. The highest BCUT2D eigenvalue weighted by atomic mass is 79.9. The number of fused-ring (bicyclic) bond motifs is 2. The Hall–Kier alpha value is -1.47. The largest absolute Gasteiger partial charge is 0.463 e. The van der Waals surface area contributed by atoms with Gasteiger partial charge >= 0.3 is 0 Å². The van der Waals surface area contributed by atoms with Gasteiger partial charge in [-0.3, -0.25) is 0 Å². The smallest absolute Gasteiger partial charge is 0.145 e. The average Bonchev–Trinajstić information content (AvgIpc) is 3.37. The van der Waals surface area contributed by atoms with Crippen LogP contribution in [0.3, 0.4) is 0 Å². The zero-order chi connectivity index (χ0) is 19.3. The van der Waals surface area contributed by atoms with Crippen molar-refractivity contribution in [2.45, 2.75) is 56.8 Å². The maximum Gasteiger partial charge on any atom is 0.145 e. The number of hydrogen-bond acceptors (Lipinski definition) is 5. The number of aromatic nitrogens is 1. The highest BCUT2D eigenvalue weighted by Crippen LogP contribution is 2.48. The second-order valence-corrected chi connectivity index (χ2v) is 9.86. The molecule has 0 amide bonds. The number of aliphatic hydroxyl groups excluding tert-OH is 1. The van der Waals surface area contributed by atoms with Gasteiger partial charge in [0.2, 0.25) is 0 Å². The Morgan fingerprint density at radius 1 is 1.39 bits per heavy atom. The fraction of sp³-hybridized carbons (Fsp3) is 0.409. The van der Waals surface area contributed by atoms with Crippen molar-refractivity contribution in [1.29, 1.82) is 0 Å². The number of aryl methyl sites for hydroxylation is 1. The first-order valence-electron chi connectivity index (χ1n) is 9.69. The van der Waals surface area contributed by atoms with Gasteiger partial charge in [-0.05, 0) is 61.1 Å². The van der Waals surface area contributed by atoms with E-state index in [2.05, 4.69) is 40.0 Å². The van der Waals surface area contributed by atoms with Gasteiger partial charge in [-0.2, -0.15) is 0 Å². The van der Waals surface area contributed by atoms with Gasteiger partial charge in [0.15, 0.2) is 0 Å². The molecule has 1 fully saturated rings. The van der Waals surface area contributed by atoms with Crippen molar-refractivity contribution in [2.75, 3.05) is 0 Å². The van der Waals surface area contributed by atoms with Crippen LogP contribution in [0.5, 0.6) is 0 Å². The molecular weight excluding hydrogens is 438 g/mol. The molecule has 0 saturated carbocycles. The molecule has 0 bridgehead atoms. The Balaban J connectivity index is 1.46. The summed E-state index contributed by atoms with van der Waals surface area (Å²) in [5.41, 5.74) is 3.44. The number of halogens is 1. The average molecular weight is 460 g/mol. The normalized spacial score (nSPS) is 26.7. The lowest BCUT2D eigenvalue weighted by Crippen LogP contribution is -2.41. The molecule has 2 aliphatic rings. The van der Waals surface area contributed by atoms with Gasteiger partial charge in [0, 0.05) is 23.5 Å². The van der Waals surface area contributed by atoms with Crippen molar-refractivity contribution in [3.8, 4) is 10.6 Å². The van der Waals surface area contributed by atoms with Crippen LogP contribution in [0.4, 0.5) is 0 Å². The predicted octanol–water partition coefficient (Wildman–Crippen LogP) is 5.46. The van der Waals surface area contributed by atoms with Crippen LogP contribution in [-0.2, 0) is 23.2 Å². The molecule has 1 aliphatic carbocycles. The maximum atomic E-state index is 10.4. The van der Waals surface area contributed by atoms with E-state index >= 15 is 0 Å². The third-order valence-corrected chi connectivity index (χ3v) is 7.57. The van der Waals surface area contributed by atoms with Crippen molar-refractivity contribution in [1.82, 2.24) is 4.98 Å². The Morgan fingerprint density at radius 2 is 2.29 bits per heavy atom. The number of nitrogens with zero attached hydrogens (tertiary/aromatic N) is 1. The summed E-state index contributed by atoms with van der Waals surface area (Å²) in [7, 11) is 0. The van der Waals surface area contributed by atoms with E-state index in [4.69, 9.17) is 9.15 Å². The highest BCUT2D eigenvalue weighted by molar-refractivity contribution is 9.10. The molecule has 1 spiro atoms. The van der Waals surface area contributed by atoms with E-state index in [1.165, 1.54) is 16.7 Å². The van der Waals surface area contributed by atoms with Crippen molar-refractivity contribution in [3.05, 3.63) is 62.9 Å². The van der Waals surface area contributed by atoms with Gasteiger partial charge in [-0.25, -0.2) is 4.98 Å². The predicted molar refractivity (Wildman–Crippen MR) is 113 cm³/mol. The summed E-state index contributed by atoms with van der Waals surface area (Å²) in [5, 5.41) is 11.4. The first kappa shape index (κ1) is 18.6. The van der Waals surface area contributed by atoms with Gasteiger partial charge in [0.25, 0.3) is 0 Å². The minimum absolute atomic E-state index is 0.0802. The van der Waals surface area contributed by atoms with Crippen LogP contribution in [0.2, 0.25) is 0 Å². The first-order chi connectivity index (χ1) is 13.5. The summed E-state index contributed by atoms with van der Waals surface area (Å²) >= 11 is 5.42. The number of rotatable bonds is 3. The Labute approximate surface area is 176 Å². The van der Waals surface area contributed by atoms with Crippen LogP contribution in [0.15, 0.2) is 45.6 Å². The van der Waals surface area contributed by atoms with E-state index < -0.39 is 0 Å². The fourth-order valence-electron chi connectivity index (χ4n) is 4.65. The third kappa shape index (κ3) is 3.26. The summed E-state index contributed by atoms with van der Waals surface area (Å²) in [6.45, 7) is 2.06. The molecular formula is C22H22BrNO3S. The summed E-state index contributed by atoms with van der Waals surface area (Å²) in [5.74, 6) is 0.856. The van der Waals surface area contributed by atoms with Crippen LogP contribution >= 0.6 is 27.3 Å². The van der Waals surface area contributed by atoms with E-state index in [0.717, 1.165) is 45.8 Å².